The van der Waals surface area contributed by atoms with E-state index >= 15 is 0 Å². The minimum absolute atomic E-state index is 0.0403. The van der Waals surface area contributed by atoms with E-state index in [0.29, 0.717) is 54.1 Å². The molecule has 4 heterocycles. The molecule has 0 unspecified atom stereocenters. The minimum atomic E-state index is -0.286. The third-order valence-electron chi connectivity index (χ3n) is 11.2. The van der Waals surface area contributed by atoms with Crippen LogP contribution in [0.2, 0.25) is 0 Å². The van der Waals surface area contributed by atoms with Gasteiger partial charge < -0.3 is 39.5 Å². The number of anilines is 1. The molecule has 6 rings (SSSR count). The largest absolute Gasteiger partial charge is 0.506 e. The number of phenolic OH excluding ortho intramolecular Hbond substituents is 1. The molecule has 0 bridgehead atoms. The zero-order valence-corrected chi connectivity index (χ0v) is 35.5. The molecule has 1 atom stereocenters. The zero-order valence-electron chi connectivity index (χ0n) is 32.3. The van der Waals surface area contributed by atoms with Crippen molar-refractivity contribution in [1.82, 2.24) is 24.5 Å². The van der Waals surface area contributed by atoms with Gasteiger partial charge in [0.1, 0.15) is 5.75 Å². The fraction of sp³-hybridized carbons (Fsp3) is 0.600. The smallest absolute Gasteiger partial charge is 0.409 e. The van der Waals surface area contributed by atoms with Gasteiger partial charge in [-0.1, -0.05) is 25.1 Å². The highest BCUT2D eigenvalue weighted by atomic mass is 79.9. The van der Waals surface area contributed by atoms with Crippen LogP contribution in [0, 0.1) is 5.92 Å². The number of phenols is 1. The minimum Gasteiger partial charge on any atom is -0.506 e. The topological polar surface area (TPSA) is 135 Å². The van der Waals surface area contributed by atoms with Crippen molar-refractivity contribution >= 4 is 61.5 Å². The Hall–Kier alpha value is -3.40. The maximum atomic E-state index is 13.0. The van der Waals surface area contributed by atoms with Gasteiger partial charge in [-0.2, -0.15) is 0 Å². The molecule has 3 saturated heterocycles. The number of nitrogens with zero attached hydrogens (tertiary/aromatic N) is 5. The number of piperidine rings is 2. The first-order valence-electron chi connectivity index (χ1n) is 19.5. The van der Waals surface area contributed by atoms with Gasteiger partial charge in [0.25, 0.3) is 0 Å². The Morgan fingerprint density at radius 2 is 1.51 bits per heavy atom. The normalized spacial score (nSPS) is 19.4. The predicted molar refractivity (Wildman–Crippen MR) is 218 cm³/mol. The third-order valence-corrected chi connectivity index (χ3v) is 12.4. The summed E-state index contributed by atoms with van der Waals surface area (Å²) in [7, 11) is 1.40. The van der Waals surface area contributed by atoms with Gasteiger partial charge in [-0.3, -0.25) is 14.5 Å². The molecule has 0 saturated carbocycles. The molecule has 4 aliphatic heterocycles. The predicted octanol–water partition coefficient (Wildman–Crippen LogP) is 5.97. The van der Waals surface area contributed by atoms with Gasteiger partial charge in [0.05, 0.1) is 29.1 Å². The van der Waals surface area contributed by atoms with Crippen LogP contribution in [0.4, 0.5) is 15.3 Å². The summed E-state index contributed by atoms with van der Waals surface area (Å²) >= 11 is 6.73. The van der Waals surface area contributed by atoms with E-state index < -0.39 is 0 Å². The molecule has 0 radical (unpaired) electrons. The van der Waals surface area contributed by atoms with Crippen molar-refractivity contribution < 1.29 is 33.8 Å². The molecular formula is C40H56Br2N6O7. The molecule has 4 aliphatic rings. The number of urea groups is 1. The summed E-state index contributed by atoms with van der Waals surface area (Å²) in [4.78, 5) is 59.1. The third kappa shape index (κ3) is 11.8. The van der Waals surface area contributed by atoms with Crippen LogP contribution in [0.15, 0.2) is 45.3 Å². The number of methoxy groups -OCH3 is 1. The van der Waals surface area contributed by atoms with Gasteiger partial charge in [-0.15, -0.1) is 0 Å². The number of benzene rings is 2. The van der Waals surface area contributed by atoms with Crippen molar-refractivity contribution in [1.29, 1.82) is 0 Å². The Bertz CT molecular complexity index is 1600. The van der Waals surface area contributed by atoms with Crippen LogP contribution >= 0.6 is 31.9 Å². The van der Waals surface area contributed by atoms with Crippen LogP contribution in [0.5, 0.6) is 5.75 Å². The van der Waals surface area contributed by atoms with Crippen molar-refractivity contribution in [3.05, 3.63) is 56.5 Å². The average Bonchev–Trinajstić information content (AvgIpc) is 3.37. The highest BCUT2D eigenvalue weighted by molar-refractivity contribution is 9.11. The lowest BCUT2D eigenvalue weighted by atomic mass is 9.97. The standard InChI is InChI=1S/C24H35Br2N3O4.C16H21N3O3/c1-3-33-22(30)6-7-27-10-12-28(13-11-27)19-4-8-29(9-5-19)24(32)17(2)14-18-15-20(25)23(31)21(26)16-18;1-22-16(21)18-9-7-13(8-10-18)19-11-6-12-4-2-3-5-14(12)17-15(19)20/h15-17,19,31H,3-14H2,1-2H3;2-5,13H,6-11H2,1H3,(H,17,20)/t17-;/m1./s1. The highest BCUT2D eigenvalue weighted by Crippen LogP contribution is 2.34. The number of carbonyl (C=O) groups is 4. The number of aromatic hydroxyl groups is 1. The monoisotopic (exact) mass is 890 g/mol. The summed E-state index contributed by atoms with van der Waals surface area (Å²) in [5.74, 6) is 0.168. The quantitative estimate of drug-likeness (QED) is 0.293. The summed E-state index contributed by atoms with van der Waals surface area (Å²) in [5, 5.41) is 12.9. The summed E-state index contributed by atoms with van der Waals surface area (Å²) in [5.41, 5.74) is 3.09. The number of carbonyl (C=O) groups excluding carboxylic acids is 4. The van der Waals surface area contributed by atoms with Gasteiger partial charge in [-0.25, -0.2) is 9.59 Å². The molecule has 15 heteroatoms. The highest BCUT2D eigenvalue weighted by Gasteiger charge is 2.33. The summed E-state index contributed by atoms with van der Waals surface area (Å²) in [6, 6.07) is 12.3. The molecular weight excluding hydrogens is 836 g/mol. The van der Waals surface area contributed by atoms with E-state index in [1.54, 1.807) is 4.90 Å². The Labute approximate surface area is 341 Å². The van der Waals surface area contributed by atoms with Gasteiger partial charge in [-0.05, 0) is 107 Å². The van der Waals surface area contributed by atoms with Gasteiger partial charge in [0, 0.05) is 89.1 Å². The fourth-order valence-electron chi connectivity index (χ4n) is 8.00. The van der Waals surface area contributed by atoms with E-state index in [9.17, 15) is 24.3 Å². The number of rotatable bonds is 9. The first-order valence-corrected chi connectivity index (χ1v) is 21.1. The van der Waals surface area contributed by atoms with Crippen molar-refractivity contribution in [2.75, 3.05) is 84.5 Å². The Morgan fingerprint density at radius 3 is 2.15 bits per heavy atom. The Morgan fingerprint density at radius 1 is 0.891 bits per heavy atom. The van der Waals surface area contributed by atoms with Crippen molar-refractivity contribution in [3.8, 4) is 5.75 Å². The van der Waals surface area contributed by atoms with Crippen molar-refractivity contribution in [2.24, 2.45) is 5.92 Å². The maximum Gasteiger partial charge on any atom is 0.409 e. The maximum absolute atomic E-state index is 13.0. The first kappa shape index (κ1) is 42.7. The molecule has 0 aliphatic carbocycles. The first-order chi connectivity index (χ1) is 26.5. The molecule has 2 aromatic rings. The van der Waals surface area contributed by atoms with E-state index in [0.717, 1.165) is 89.2 Å². The lowest BCUT2D eigenvalue weighted by molar-refractivity contribution is -0.143. The summed E-state index contributed by atoms with van der Waals surface area (Å²) in [6.45, 7) is 12.6. The Kier molecular flexibility index (Phi) is 16.1. The number of halogens is 2. The number of hydrogen-bond donors (Lipinski definition) is 2. The summed E-state index contributed by atoms with van der Waals surface area (Å²) < 4.78 is 11.0. The lowest BCUT2D eigenvalue weighted by Gasteiger charge is -2.43. The zero-order chi connectivity index (χ0) is 39.5. The van der Waals surface area contributed by atoms with E-state index in [1.807, 2.05) is 54.0 Å². The number of amides is 4. The molecule has 55 heavy (non-hydrogen) atoms. The number of fused-ring (bicyclic) bond motifs is 1. The number of likely N-dealkylation sites (tertiary alicyclic amines) is 2. The van der Waals surface area contributed by atoms with E-state index in [2.05, 4.69) is 53.0 Å². The van der Waals surface area contributed by atoms with Crippen LogP contribution < -0.4 is 5.32 Å². The molecule has 302 valence electrons. The molecule has 3 fully saturated rings. The SMILES string of the molecule is CCOC(=O)CCN1CCN(C2CCN(C(=O)[C@H](C)Cc3cc(Br)c(O)c(Br)c3)CC2)CC1.COC(=O)N1CCC(N2CCc3ccccc3NC2=O)CC1. The van der Waals surface area contributed by atoms with Crippen LogP contribution in [-0.2, 0) is 31.9 Å². The lowest BCUT2D eigenvalue weighted by Crippen LogP contribution is -2.54. The number of piperazine rings is 1. The van der Waals surface area contributed by atoms with Crippen LogP contribution in [0.1, 0.15) is 57.1 Å². The van der Waals surface area contributed by atoms with Gasteiger partial charge in [0.2, 0.25) is 5.91 Å². The number of para-hydroxylation sites is 1. The van der Waals surface area contributed by atoms with Crippen LogP contribution in [-0.4, -0.2) is 145 Å². The molecule has 2 N–H and O–H groups in total. The molecule has 13 nitrogen and oxygen atoms in total. The number of esters is 1. The van der Waals surface area contributed by atoms with E-state index in [4.69, 9.17) is 9.47 Å². The fourth-order valence-corrected chi connectivity index (χ4v) is 9.28. The molecule has 0 aromatic heterocycles. The second-order valence-electron chi connectivity index (χ2n) is 14.7. The van der Waals surface area contributed by atoms with Crippen molar-refractivity contribution in [3.63, 3.8) is 0 Å². The van der Waals surface area contributed by atoms with Crippen LogP contribution in [0.25, 0.3) is 0 Å². The van der Waals surface area contributed by atoms with Gasteiger partial charge >= 0.3 is 18.1 Å². The number of hydrogen-bond acceptors (Lipinski definition) is 9. The second kappa shape index (κ2) is 20.7. The van der Waals surface area contributed by atoms with Crippen molar-refractivity contribution in [2.45, 2.75) is 70.9 Å². The van der Waals surface area contributed by atoms with Crippen LogP contribution in [0.3, 0.4) is 0 Å². The molecule has 4 amide bonds. The number of nitrogens with one attached hydrogen (secondary N) is 1. The molecule has 2 aromatic carbocycles. The summed E-state index contributed by atoms with van der Waals surface area (Å²) in [6.07, 6.45) is 5.28. The van der Waals surface area contributed by atoms with E-state index in [-0.39, 0.29) is 41.7 Å². The van der Waals surface area contributed by atoms with Gasteiger partial charge in [0.15, 0.2) is 0 Å². The Balaban J connectivity index is 0.000000228. The molecule has 0 spiro atoms. The second-order valence-corrected chi connectivity index (χ2v) is 16.4. The average molecular weight is 893 g/mol. The van der Waals surface area contributed by atoms with E-state index in [1.165, 1.54) is 12.7 Å². The number of ether oxygens (including phenoxy) is 2.